The van der Waals surface area contributed by atoms with Crippen molar-refractivity contribution in [3.63, 3.8) is 0 Å². The molecule has 20 aromatic carbocycles. The molecule has 0 saturated heterocycles. The highest BCUT2D eigenvalue weighted by atomic mass is 15.2. The summed E-state index contributed by atoms with van der Waals surface area (Å²) in [5.74, 6) is 3.75. The van der Waals surface area contributed by atoms with Crippen LogP contribution in [-0.4, -0.2) is 62.3 Å². The second-order valence-corrected chi connectivity index (χ2v) is 36.3. The number of aromatic nitrogens is 13. The number of rotatable bonds is 14. The van der Waals surface area contributed by atoms with Gasteiger partial charge in [-0.25, -0.2) is 19.9 Å². The molecule has 0 spiro atoms. The normalized spacial score (nSPS) is 11.6. The van der Waals surface area contributed by atoms with Crippen molar-refractivity contribution in [3.05, 3.63) is 516 Å². The molecule has 0 aliphatic heterocycles. The fourth-order valence-corrected chi connectivity index (χ4v) is 21.4. The predicted octanol–water partition coefficient (Wildman–Crippen LogP) is 32.7. The number of pyridine rings is 1. The van der Waals surface area contributed by atoms with Crippen LogP contribution in [0.25, 0.3) is 256 Å². The van der Waals surface area contributed by atoms with E-state index in [1.807, 2.05) is 134 Å². The Hall–Kier alpha value is -19.6. The highest BCUT2D eigenvalue weighted by molar-refractivity contribution is 6.16. The first-order valence-electron chi connectivity index (χ1n) is 48.6. The van der Waals surface area contributed by atoms with Crippen LogP contribution in [0.5, 0.6) is 0 Å². The molecule has 0 amide bonds. The zero-order valence-corrected chi connectivity index (χ0v) is 77.9. The molecule has 0 unspecified atom stereocenters. The Morgan fingerprint density at radius 2 is 0.333 bits per heavy atom. The largest absolute Gasteiger partial charge is 0.309 e. The van der Waals surface area contributed by atoms with Gasteiger partial charge in [-0.2, -0.15) is 9.97 Å². The summed E-state index contributed by atoms with van der Waals surface area (Å²) in [6.45, 7) is 0. The van der Waals surface area contributed by atoms with Gasteiger partial charge in [-0.15, -0.1) is 0 Å². The maximum atomic E-state index is 5.15. The van der Waals surface area contributed by atoms with Gasteiger partial charge in [0.25, 0.3) is 0 Å². The van der Waals surface area contributed by atoms with Crippen LogP contribution in [0.3, 0.4) is 0 Å². The number of para-hydroxylation sites is 11. The van der Waals surface area contributed by atoms with Crippen molar-refractivity contribution in [1.29, 1.82) is 0 Å². The van der Waals surface area contributed by atoms with Crippen LogP contribution in [-0.2, 0) is 0 Å². The van der Waals surface area contributed by atoms with Crippen LogP contribution < -0.4 is 0 Å². The van der Waals surface area contributed by atoms with E-state index in [1.165, 1.54) is 92.5 Å². The summed E-state index contributed by atoms with van der Waals surface area (Å²) in [5, 5.41) is 14.7. The van der Waals surface area contributed by atoms with Gasteiger partial charge in [0.05, 0.1) is 66.2 Å². The van der Waals surface area contributed by atoms with Crippen molar-refractivity contribution in [1.82, 2.24) is 62.3 Å². The van der Waals surface area contributed by atoms with E-state index in [9.17, 15) is 0 Å². The molecule has 0 saturated carbocycles. The van der Waals surface area contributed by atoms with Crippen LogP contribution in [0.15, 0.2) is 516 Å². The fraction of sp³-hybridized carbons (Fsp3) is 0. The molecule has 13 nitrogen and oxygen atoms in total. The summed E-state index contributed by atoms with van der Waals surface area (Å²) in [7, 11) is 0. The van der Waals surface area contributed by atoms with Crippen LogP contribution in [0.4, 0.5) is 0 Å². The van der Waals surface area contributed by atoms with E-state index in [0.29, 0.717) is 35.1 Å². The molecule has 9 heterocycles. The van der Waals surface area contributed by atoms with Gasteiger partial charge in [0.15, 0.2) is 29.1 Å². The van der Waals surface area contributed by atoms with Gasteiger partial charge < -0.3 is 22.8 Å². The second kappa shape index (κ2) is 35.4. The molecule has 674 valence electrons. The van der Waals surface area contributed by atoms with Crippen molar-refractivity contribution in [2.45, 2.75) is 0 Å². The van der Waals surface area contributed by atoms with Crippen molar-refractivity contribution >= 4 is 131 Å². The summed E-state index contributed by atoms with van der Waals surface area (Å²) in [5.41, 5.74) is 30.8. The molecule has 0 radical (unpaired) electrons. The first-order valence-corrected chi connectivity index (χ1v) is 48.6. The topological polar surface area (TPSA) is 120 Å². The molecule has 0 aliphatic carbocycles. The summed E-state index contributed by atoms with van der Waals surface area (Å²) >= 11 is 0. The number of hydrogen-bond acceptors (Lipinski definition) is 7. The van der Waals surface area contributed by atoms with E-state index >= 15 is 0 Å². The Kier molecular flexibility index (Phi) is 20.6. The summed E-state index contributed by atoms with van der Waals surface area (Å²) in [6.07, 6.45) is 3.93. The highest BCUT2D eigenvalue weighted by Crippen LogP contribution is 2.45. The lowest BCUT2D eigenvalue weighted by Gasteiger charge is -2.16. The first-order chi connectivity index (χ1) is 71.4. The first kappa shape index (κ1) is 83.7. The van der Waals surface area contributed by atoms with Crippen molar-refractivity contribution in [3.8, 4) is 125 Å². The average molecular weight is 1840 g/mol. The molecule has 0 fully saturated rings. The number of hydrogen-bond donors (Lipinski definition) is 0. The molecular formula is C131H85N13. The van der Waals surface area contributed by atoms with Crippen molar-refractivity contribution in [2.75, 3.05) is 0 Å². The lowest BCUT2D eigenvalue weighted by molar-refractivity contribution is 0.953. The smallest absolute Gasteiger partial charge is 0.238 e. The average Bonchev–Trinajstić information content (AvgIpc) is 1.57. The van der Waals surface area contributed by atoms with Gasteiger partial charge in [-0.05, 0) is 168 Å². The summed E-state index contributed by atoms with van der Waals surface area (Å²) in [6, 6.07) is 177. The van der Waals surface area contributed by atoms with Crippen LogP contribution in [0.2, 0.25) is 0 Å². The second-order valence-electron chi connectivity index (χ2n) is 36.3. The molecule has 29 rings (SSSR count). The lowest BCUT2D eigenvalue weighted by Crippen LogP contribution is -2.06. The molecule has 0 N–H and O–H groups in total. The number of benzene rings is 20. The SMILES string of the molecule is c1cc(-c2cncc(-c3cccc(-n4c5ccccc5c5ccccc54)c3)c2)cc(-n2c3ccccc3c3ccccc32)c1.c1ccc(-c2nc(-c3ccccc3)nc(-c3cc(-n4c5ccccc5c5ccccc54)cc(-n4c5ccccc5c5ccccc54)c3)n2)cc1.c1ccc(-c2nc(-c3ccccc3)nc(-n3c4ccccc4c4cc(-c5ccc6c(c5)c5ccccc5n6-c5ccccc5)ccc43)n2)cc1. The third kappa shape index (κ3) is 14.7. The van der Waals surface area contributed by atoms with Crippen LogP contribution in [0, 0.1) is 0 Å². The minimum Gasteiger partial charge on any atom is -0.309 e. The maximum absolute atomic E-state index is 5.15. The molecule has 144 heavy (non-hydrogen) atoms. The quantitative estimate of drug-likeness (QED) is 0.106. The molecule has 0 aliphatic rings. The van der Waals surface area contributed by atoms with Gasteiger partial charge in [0, 0.05) is 144 Å². The Balaban J connectivity index is 0.000000108. The number of fused-ring (bicyclic) bond motifs is 18. The van der Waals surface area contributed by atoms with Gasteiger partial charge in [0.2, 0.25) is 5.95 Å². The molecule has 0 atom stereocenters. The van der Waals surface area contributed by atoms with Crippen LogP contribution >= 0.6 is 0 Å². The van der Waals surface area contributed by atoms with E-state index in [1.54, 1.807) is 0 Å². The Morgan fingerprint density at radius 3 is 0.653 bits per heavy atom. The highest BCUT2D eigenvalue weighted by Gasteiger charge is 2.25. The molecule has 29 aromatic rings. The molecule has 0 bridgehead atoms. The minimum atomic E-state index is 0.590. The maximum Gasteiger partial charge on any atom is 0.238 e. The molecule has 13 heteroatoms. The Labute approximate surface area is 828 Å². The number of nitrogens with zero attached hydrogens (tertiary/aromatic N) is 13. The van der Waals surface area contributed by atoms with E-state index in [2.05, 4.69) is 410 Å². The fourth-order valence-electron chi connectivity index (χ4n) is 21.4. The zero-order valence-electron chi connectivity index (χ0n) is 77.9. The lowest BCUT2D eigenvalue weighted by atomic mass is 10.0. The summed E-state index contributed by atoms with van der Waals surface area (Å²) in [4.78, 5) is 35.1. The standard InChI is InChI=1S/2C45H29N5.C41H27N3/c1-4-14-30(15-5-1)43-46-44(31-16-6-2-7-17-31)48-45(47-43)50-40-23-13-11-21-36(40)38-29-33(25-27-42(38)50)32-24-26-41-37(28-32)35-20-10-12-22-39(35)49(41)34-18-8-3-9-19-34;1-3-15-30(16-4-1)43-46-44(31-17-5-2-6-18-31)48-45(47-43)32-27-33(49-39-23-11-7-19-35(39)36-20-8-12-24-40(36)49)29-34(28-32)50-41-25-13-9-21-37(41)38-22-10-14-26-42(38)50;1-5-19-38-34(15-1)35-16-2-6-20-39(35)43(38)32-13-9-11-28(24-32)30-23-31(27-42-26-30)29-12-10-14-33(25-29)44-40-21-7-3-17-36(40)37-18-4-8-22-41(37)44/h2*1-29H;1-27H. The van der Waals surface area contributed by atoms with Gasteiger partial charge in [-0.1, -0.05) is 358 Å². The monoisotopic (exact) mass is 1840 g/mol. The van der Waals surface area contributed by atoms with Gasteiger partial charge >= 0.3 is 0 Å². The van der Waals surface area contributed by atoms with E-state index in [0.717, 1.165) is 128 Å². The van der Waals surface area contributed by atoms with Crippen molar-refractivity contribution in [2.24, 2.45) is 0 Å². The third-order valence-electron chi connectivity index (χ3n) is 27.9. The van der Waals surface area contributed by atoms with Crippen LogP contribution in [0.1, 0.15) is 0 Å². The Bertz CT molecular complexity index is 9420. The minimum absolute atomic E-state index is 0.590. The van der Waals surface area contributed by atoms with Crippen molar-refractivity contribution < 1.29 is 0 Å². The predicted molar refractivity (Wildman–Crippen MR) is 593 cm³/mol. The summed E-state index contributed by atoms with van der Waals surface area (Å²) < 4.78 is 14.0. The third-order valence-corrected chi connectivity index (χ3v) is 27.9. The molecular weight excluding hydrogens is 1760 g/mol. The zero-order chi connectivity index (χ0) is 95.1. The molecule has 9 aromatic heterocycles. The Morgan fingerprint density at radius 1 is 0.118 bits per heavy atom. The van der Waals surface area contributed by atoms with E-state index in [-0.39, 0.29) is 0 Å². The van der Waals surface area contributed by atoms with E-state index < -0.39 is 0 Å². The van der Waals surface area contributed by atoms with Gasteiger partial charge in [0.1, 0.15) is 0 Å². The van der Waals surface area contributed by atoms with E-state index in [4.69, 9.17) is 34.9 Å². The van der Waals surface area contributed by atoms with Gasteiger partial charge in [-0.3, -0.25) is 9.55 Å².